The van der Waals surface area contributed by atoms with Crippen molar-refractivity contribution in [3.8, 4) is 0 Å². The second kappa shape index (κ2) is 7.90. The van der Waals surface area contributed by atoms with Crippen molar-refractivity contribution in [2.75, 3.05) is 20.2 Å². The smallest absolute Gasteiger partial charge is 0.310 e. The van der Waals surface area contributed by atoms with E-state index in [1.807, 2.05) is 19.1 Å². The van der Waals surface area contributed by atoms with E-state index >= 15 is 0 Å². The fourth-order valence-electron chi connectivity index (χ4n) is 2.83. The molecule has 0 spiro atoms. The number of piperidine rings is 1. The van der Waals surface area contributed by atoms with Gasteiger partial charge in [0.05, 0.1) is 13.0 Å². The van der Waals surface area contributed by atoms with Gasteiger partial charge in [0.15, 0.2) is 5.78 Å². The molecule has 1 aromatic carbocycles. The standard InChI is InChI=1S/C18H23NO4/c1-13-5-7-14(8-6-13)16(20)9-10-17(21)19-11-3-4-15(12-19)18(22)23-2/h5-8,15H,3-4,9-12H2,1-2H3. The Bertz CT molecular complexity index is 579. The van der Waals surface area contributed by atoms with Crippen molar-refractivity contribution in [3.63, 3.8) is 0 Å². The molecule has 1 saturated heterocycles. The van der Waals surface area contributed by atoms with Crippen LogP contribution in [0, 0.1) is 12.8 Å². The predicted molar refractivity (Wildman–Crippen MR) is 86.1 cm³/mol. The van der Waals surface area contributed by atoms with E-state index in [-0.39, 0.29) is 36.4 Å². The second-order valence-electron chi connectivity index (χ2n) is 5.99. The minimum absolute atomic E-state index is 0.0279. The summed E-state index contributed by atoms with van der Waals surface area (Å²) in [5.74, 6) is -0.609. The van der Waals surface area contributed by atoms with Crippen molar-refractivity contribution in [1.82, 2.24) is 4.90 Å². The second-order valence-corrected chi connectivity index (χ2v) is 5.99. The van der Waals surface area contributed by atoms with Crippen LogP contribution in [0.25, 0.3) is 0 Å². The molecule has 0 saturated carbocycles. The maximum absolute atomic E-state index is 12.3. The Kier molecular flexibility index (Phi) is 5.90. The zero-order valence-corrected chi connectivity index (χ0v) is 13.7. The molecule has 1 amide bonds. The van der Waals surface area contributed by atoms with Gasteiger partial charge in [-0.2, -0.15) is 0 Å². The van der Waals surface area contributed by atoms with E-state index in [0.29, 0.717) is 18.7 Å². The summed E-state index contributed by atoms with van der Waals surface area (Å²) in [6, 6.07) is 7.36. The first kappa shape index (κ1) is 17.2. The highest BCUT2D eigenvalue weighted by atomic mass is 16.5. The Morgan fingerprint density at radius 2 is 1.87 bits per heavy atom. The van der Waals surface area contributed by atoms with Crippen molar-refractivity contribution in [1.29, 1.82) is 0 Å². The van der Waals surface area contributed by atoms with Crippen LogP contribution in [0.1, 0.15) is 41.6 Å². The van der Waals surface area contributed by atoms with Crippen molar-refractivity contribution in [2.24, 2.45) is 5.92 Å². The van der Waals surface area contributed by atoms with Gasteiger partial charge in [-0.05, 0) is 19.8 Å². The molecule has 0 aliphatic carbocycles. The topological polar surface area (TPSA) is 63.7 Å². The SMILES string of the molecule is COC(=O)C1CCCN(C(=O)CCC(=O)c2ccc(C)cc2)C1. The molecule has 1 aliphatic heterocycles. The maximum Gasteiger partial charge on any atom is 0.310 e. The molecule has 0 radical (unpaired) electrons. The normalized spacial score (nSPS) is 17.7. The lowest BCUT2D eigenvalue weighted by Gasteiger charge is -2.31. The molecule has 0 N–H and O–H groups in total. The van der Waals surface area contributed by atoms with Crippen molar-refractivity contribution in [3.05, 3.63) is 35.4 Å². The summed E-state index contributed by atoms with van der Waals surface area (Å²) in [4.78, 5) is 37.7. The molecule has 23 heavy (non-hydrogen) atoms. The average Bonchev–Trinajstić information content (AvgIpc) is 2.59. The first-order valence-electron chi connectivity index (χ1n) is 7.96. The lowest BCUT2D eigenvalue weighted by Crippen LogP contribution is -2.42. The lowest BCUT2D eigenvalue weighted by molar-refractivity contribution is -0.149. The lowest BCUT2D eigenvalue weighted by atomic mass is 9.97. The summed E-state index contributed by atoms with van der Waals surface area (Å²) < 4.78 is 4.75. The van der Waals surface area contributed by atoms with Crippen LogP contribution >= 0.6 is 0 Å². The van der Waals surface area contributed by atoms with E-state index in [9.17, 15) is 14.4 Å². The first-order valence-corrected chi connectivity index (χ1v) is 7.96. The van der Waals surface area contributed by atoms with Gasteiger partial charge in [-0.1, -0.05) is 29.8 Å². The number of Topliss-reactive ketones (excluding diaryl/α,β-unsaturated/α-hetero) is 1. The summed E-state index contributed by atoms with van der Waals surface area (Å²) in [6.07, 6.45) is 1.91. The summed E-state index contributed by atoms with van der Waals surface area (Å²) in [5, 5.41) is 0. The van der Waals surface area contributed by atoms with Gasteiger partial charge in [0.25, 0.3) is 0 Å². The van der Waals surface area contributed by atoms with Crippen LogP contribution in [0.5, 0.6) is 0 Å². The molecule has 5 nitrogen and oxygen atoms in total. The van der Waals surface area contributed by atoms with Crippen LogP contribution in [0.3, 0.4) is 0 Å². The monoisotopic (exact) mass is 317 g/mol. The summed E-state index contributed by atoms with van der Waals surface area (Å²) in [7, 11) is 1.36. The number of ether oxygens (including phenoxy) is 1. The predicted octanol–water partition coefficient (Wildman–Crippen LogP) is 2.37. The van der Waals surface area contributed by atoms with E-state index in [1.54, 1.807) is 17.0 Å². The Morgan fingerprint density at radius 1 is 1.17 bits per heavy atom. The van der Waals surface area contributed by atoms with Gasteiger partial charge in [0, 0.05) is 31.5 Å². The number of hydrogen-bond acceptors (Lipinski definition) is 4. The van der Waals surface area contributed by atoms with E-state index in [2.05, 4.69) is 0 Å². The van der Waals surface area contributed by atoms with Crippen LogP contribution in [0.2, 0.25) is 0 Å². The van der Waals surface area contributed by atoms with E-state index in [1.165, 1.54) is 7.11 Å². The molecular formula is C18H23NO4. The Hall–Kier alpha value is -2.17. The van der Waals surface area contributed by atoms with Gasteiger partial charge in [-0.3, -0.25) is 14.4 Å². The molecule has 1 atom stereocenters. The number of carbonyl (C=O) groups is 3. The minimum atomic E-state index is -0.266. The summed E-state index contributed by atoms with van der Waals surface area (Å²) in [5.41, 5.74) is 1.73. The fourth-order valence-corrected chi connectivity index (χ4v) is 2.83. The third kappa shape index (κ3) is 4.65. The fraction of sp³-hybridized carbons (Fsp3) is 0.500. The van der Waals surface area contributed by atoms with E-state index in [0.717, 1.165) is 18.4 Å². The van der Waals surface area contributed by atoms with Crippen LogP contribution in [0.15, 0.2) is 24.3 Å². The number of rotatable bonds is 5. The molecular weight excluding hydrogens is 294 g/mol. The van der Waals surface area contributed by atoms with Gasteiger partial charge in [-0.25, -0.2) is 0 Å². The number of nitrogens with zero attached hydrogens (tertiary/aromatic N) is 1. The van der Waals surface area contributed by atoms with Crippen molar-refractivity contribution >= 4 is 17.7 Å². The maximum atomic E-state index is 12.3. The van der Waals surface area contributed by atoms with Crippen LogP contribution < -0.4 is 0 Å². The number of benzene rings is 1. The van der Waals surface area contributed by atoms with E-state index in [4.69, 9.17) is 4.74 Å². The molecule has 1 unspecified atom stereocenters. The average molecular weight is 317 g/mol. The number of carbonyl (C=O) groups excluding carboxylic acids is 3. The number of hydrogen-bond donors (Lipinski definition) is 0. The first-order chi connectivity index (χ1) is 11.0. The number of aryl methyl sites for hydroxylation is 1. The van der Waals surface area contributed by atoms with Crippen molar-refractivity contribution < 1.29 is 19.1 Å². The van der Waals surface area contributed by atoms with Crippen molar-refractivity contribution in [2.45, 2.75) is 32.6 Å². The third-order valence-electron chi connectivity index (χ3n) is 4.25. The molecule has 1 aliphatic rings. The molecule has 5 heteroatoms. The number of methoxy groups -OCH3 is 1. The number of amides is 1. The van der Waals surface area contributed by atoms with Gasteiger partial charge in [0.1, 0.15) is 0 Å². The summed E-state index contributed by atoms with van der Waals surface area (Å²) in [6.45, 7) is 3.00. The number of likely N-dealkylation sites (tertiary alicyclic amines) is 1. The Morgan fingerprint density at radius 3 is 2.52 bits per heavy atom. The molecule has 2 rings (SSSR count). The van der Waals surface area contributed by atoms with Crippen LogP contribution in [0.4, 0.5) is 0 Å². The molecule has 1 aromatic rings. The Balaban J connectivity index is 1.85. The van der Waals surface area contributed by atoms with Gasteiger partial charge in [0.2, 0.25) is 5.91 Å². The summed E-state index contributed by atoms with van der Waals surface area (Å²) >= 11 is 0. The zero-order valence-electron chi connectivity index (χ0n) is 13.7. The molecule has 1 heterocycles. The minimum Gasteiger partial charge on any atom is -0.469 e. The van der Waals surface area contributed by atoms with E-state index < -0.39 is 0 Å². The number of ketones is 1. The largest absolute Gasteiger partial charge is 0.469 e. The van der Waals surface area contributed by atoms with Crippen LogP contribution in [-0.2, 0) is 14.3 Å². The highest BCUT2D eigenvalue weighted by Gasteiger charge is 2.28. The number of esters is 1. The molecule has 124 valence electrons. The Labute approximate surface area is 136 Å². The highest BCUT2D eigenvalue weighted by molar-refractivity contribution is 5.98. The van der Waals surface area contributed by atoms with Gasteiger partial charge in [-0.15, -0.1) is 0 Å². The third-order valence-corrected chi connectivity index (χ3v) is 4.25. The highest BCUT2D eigenvalue weighted by Crippen LogP contribution is 2.19. The molecule has 1 fully saturated rings. The van der Waals surface area contributed by atoms with Crippen LogP contribution in [-0.4, -0.2) is 42.8 Å². The zero-order chi connectivity index (χ0) is 16.8. The molecule has 0 aromatic heterocycles. The molecule has 0 bridgehead atoms. The van der Waals surface area contributed by atoms with Gasteiger partial charge >= 0.3 is 5.97 Å². The van der Waals surface area contributed by atoms with Gasteiger partial charge < -0.3 is 9.64 Å². The quantitative estimate of drug-likeness (QED) is 0.618.